The van der Waals surface area contributed by atoms with Crippen LogP contribution in [0, 0.1) is 6.92 Å². The predicted octanol–water partition coefficient (Wildman–Crippen LogP) is 3.65. The lowest BCUT2D eigenvalue weighted by Crippen LogP contribution is -2.25. The van der Waals surface area contributed by atoms with Crippen LogP contribution in [-0.2, 0) is 25.8 Å². The first-order valence-electron chi connectivity index (χ1n) is 10.3. The van der Waals surface area contributed by atoms with Gasteiger partial charge in [-0.2, -0.15) is 0 Å². The topological polar surface area (TPSA) is 121 Å². The zero-order valence-corrected chi connectivity index (χ0v) is 20.1. The molecule has 0 fully saturated rings. The first-order valence-corrected chi connectivity index (χ1v) is 13.4. The molecule has 0 spiro atoms. The third kappa shape index (κ3) is 6.77. The maximum Gasteiger partial charge on any atom is 0.261 e. The Morgan fingerprint density at radius 1 is 0.912 bits per heavy atom. The highest BCUT2D eigenvalue weighted by molar-refractivity contribution is 7.92. The molecule has 0 aliphatic carbocycles. The Morgan fingerprint density at radius 2 is 1.56 bits per heavy atom. The van der Waals surface area contributed by atoms with Crippen LogP contribution < -0.4 is 14.8 Å². The Balaban J connectivity index is 1.64. The summed E-state index contributed by atoms with van der Waals surface area (Å²) >= 11 is 0. The van der Waals surface area contributed by atoms with Gasteiger partial charge in [0.15, 0.2) is 0 Å². The Labute approximate surface area is 199 Å². The highest BCUT2D eigenvalue weighted by Crippen LogP contribution is 2.20. The first-order chi connectivity index (χ1) is 16.1. The molecule has 0 heterocycles. The first kappa shape index (κ1) is 25.2. The molecule has 8 nitrogen and oxygen atoms in total. The van der Waals surface area contributed by atoms with E-state index in [0.29, 0.717) is 16.9 Å². The molecule has 34 heavy (non-hydrogen) atoms. The smallest absolute Gasteiger partial charge is 0.261 e. The van der Waals surface area contributed by atoms with Crippen molar-refractivity contribution in [2.75, 3.05) is 16.6 Å². The quantitative estimate of drug-likeness (QED) is 0.368. The predicted molar refractivity (Wildman–Crippen MR) is 134 cm³/mol. The summed E-state index contributed by atoms with van der Waals surface area (Å²) in [5, 5.41) is 2.71. The molecule has 3 aromatic rings. The van der Waals surface area contributed by atoms with Crippen molar-refractivity contribution in [3.63, 3.8) is 0 Å². The lowest BCUT2D eigenvalue weighted by molar-refractivity contribution is 0.102. The van der Waals surface area contributed by atoms with Crippen molar-refractivity contribution < 1.29 is 21.6 Å². The average Bonchev–Trinajstić information content (AvgIpc) is 2.80. The van der Waals surface area contributed by atoms with E-state index in [9.17, 15) is 21.6 Å². The van der Waals surface area contributed by atoms with Crippen molar-refractivity contribution >= 4 is 37.3 Å². The fourth-order valence-electron chi connectivity index (χ4n) is 3.02. The van der Waals surface area contributed by atoms with Crippen LogP contribution in [0.5, 0.6) is 0 Å². The Hall–Kier alpha value is -3.47. The third-order valence-electron chi connectivity index (χ3n) is 4.83. The molecule has 0 saturated carbocycles. The van der Waals surface area contributed by atoms with Crippen LogP contribution in [-0.4, -0.2) is 29.3 Å². The molecule has 10 heteroatoms. The van der Waals surface area contributed by atoms with E-state index in [1.807, 2.05) is 6.07 Å². The number of nitrogens with one attached hydrogen (secondary N) is 3. The van der Waals surface area contributed by atoms with E-state index in [0.717, 1.165) is 5.56 Å². The lowest BCUT2D eigenvalue weighted by atomic mass is 10.2. The standard InChI is InChI=1S/C24H25N3O5S2/c1-3-16-25-33(29,30)17-19-8-12-21(13-9-19)26-24(28)20-10-14-22(15-11-20)34(31,32)27-23-7-5-4-6-18(23)2/h3-15,25,27H,1,16-17H2,2H3,(H,26,28). The van der Waals surface area contributed by atoms with Crippen molar-refractivity contribution in [3.05, 3.63) is 102 Å². The molecule has 0 aliphatic heterocycles. The van der Waals surface area contributed by atoms with Crippen LogP contribution in [0.1, 0.15) is 21.5 Å². The molecule has 3 aromatic carbocycles. The number of hydrogen-bond donors (Lipinski definition) is 3. The number of hydrogen-bond acceptors (Lipinski definition) is 5. The van der Waals surface area contributed by atoms with Gasteiger partial charge in [0.25, 0.3) is 15.9 Å². The molecule has 0 aromatic heterocycles. The highest BCUT2D eigenvalue weighted by Gasteiger charge is 2.16. The fraction of sp³-hybridized carbons (Fsp3) is 0.125. The minimum atomic E-state index is -3.80. The van der Waals surface area contributed by atoms with Gasteiger partial charge in [-0.1, -0.05) is 36.4 Å². The van der Waals surface area contributed by atoms with Crippen molar-refractivity contribution in [2.45, 2.75) is 17.6 Å². The second-order valence-corrected chi connectivity index (χ2v) is 11.0. The molecule has 1 amide bonds. The number of rotatable bonds is 10. The van der Waals surface area contributed by atoms with Crippen LogP contribution in [0.4, 0.5) is 11.4 Å². The maximum atomic E-state index is 12.7. The molecule has 0 aliphatic rings. The fourth-order valence-corrected chi connectivity index (χ4v) is 5.26. The average molecular weight is 500 g/mol. The van der Waals surface area contributed by atoms with E-state index < -0.39 is 26.0 Å². The molecule has 0 saturated heterocycles. The summed E-state index contributed by atoms with van der Waals surface area (Å²) in [6.07, 6.45) is 1.46. The van der Waals surface area contributed by atoms with Crippen molar-refractivity contribution in [1.82, 2.24) is 4.72 Å². The zero-order valence-electron chi connectivity index (χ0n) is 18.5. The molecule has 0 unspecified atom stereocenters. The summed E-state index contributed by atoms with van der Waals surface area (Å²) in [5.74, 6) is -0.620. The van der Waals surface area contributed by atoms with Gasteiger partial charge in [-0.3, -0.25) is 9.52 Å². The molecule has 0 radical (unpaired) electrons. The third-order valence-corrected chi connectivity index (χ3v) is 7.53. The minimum absolute atomic E-state index is 0.0305. The molecular weight excluding hydrogens is 474 g/mol. The van der Waals surface area contributed by atoms with E-state index in [1.54, 1.807) is 49.4 Å². The highest BCUT2D eigenvalue weighted by atomic mass is 32.2. The van der Waals surface area contributed by atoms with E-state index >= 15 is 0 Å². The number of carbonyl (C=O) groups excluding carboxylic acids is 1. The van der Waals surface area contributed by atoms with E-state index in [-0.39, 0.29) is 22.8 Å². The van der Waals surface area contributed by atoms with Crippen LogP contribution in [0.15, 0.2) is 90.3 Å². The summed E-state index contributed by atoms with van der Waals surface area (Å²) < 4.78 is 54.1. The summed E-state index contributed by atoms with van der Waals surface area (Å²) in [6, 6.07) is 19.0. The van der Waals surface area contributed by atoms with Crippen LogP contribution in [0.3, 0.4) is 0 Å². The van der Waals surface area contributed by atoms with Crippen LogP contribution in [0.25, 0.3) is 0 Å². The summed E-state index contributed by atoms with van der Waals surface area (Å²) in [7, 11) is -7.28. The van der Waals surface area contributed by atoms with Gasteiger partial charge >= 0.3 is 0 Å². The second kappa shape index (κ2) is 10.6. The van der Waals surface area contributed by atoms with Gasteiger partial charge in [0.05, 0.1) is 16.3 Å². The van der Waals surface area contributed by atoms with Crippen molar-refractivity contribution in [1.29, 1.82) is 0 Å². The van der Waals surface area contributed by atoms with Crippen LogP contribution >= 0.6 is 0 Å². The van der Waals surface area contributed by atoms with Gasteiger partial charge in [0.1, 0.15) is 0 Å². The molecule has 178 valence electrons. The van der Waals surface area contributed by atoms with Crippen molar-refractivity contribution in [3.8, 4) is 0 Å². The molecule has 3 rings (SSSR count). The SMILES string of the molecule is C=CCNS(=O)(=O)Cc1ccc(NC(=O)c2ccc(S(=O)(=O)Nc3ccccc3C)cc2)cc1. The Kier molecular flexibility index (Phi) is 7.87. The van der Waals surface area contributed by atoms with Crippen molar-refractivity contribution in [2.24, 2.45) is 0 Å². The monoisotopic (exact) mass is 499 g/mol. The number of para-hydroxylation sites is 1. The normalized spacial score (nSPS) is 11.6. The van der Waals surface area contributed by atoms with Gasteiger partial charge in [0.2, 0.25) is 10.0 Å². The largest absolute Gasteiger partial charge is 0.322 e. The zero-order chi connectivity index (χ0) is 24.8. The van der Waals surface area contributed by atoms with Gasteiger partial charge in [-0.15, -0.1) is 6.58 Å². The Morgan fingerprint density at radius 3 is 2.18 bits per heavy atom. The number of benzene rings is 3. The number of aryl methyl sites for hydroxylation is 1. The number of carbonyl (C=O) groups is 1. The molecule has 3 N–H and O–H groups in total. The minimum Gasteiger partial charge on any atom is -0.322 e. The number of anilines is 2. The summed E-state index contributed by atoms with van der Waals surface area (Å²) in [6.45, 7) is 5.43. The lowest BCUT2D eigenvalue weighted by Gasteiger charge is -2.11. The van der Waals surface area contributed by atoms with E-state index in [1.165, 1.54) is 30.3 Å². The van der Waals surface area contributed by atoms with E-state index in [2.05, 4.69) is 21.3 Å². The number of sulfonamides is 2. The summed E-state index contributed by atoms with van der Waals surface area (Å²) in [5.41, 5.74) is 2.58. The second-order valence-electron chi connectivity index (χ2n) is 7.49. The summed E-state index contributed by atoms with van der Waals surface area (Å²) in [4.78, 5) is 12.6. The molecule has 0 bridgehead atoms. The van der Waals surface area contributed by atoms with E-state index in [4.69, 9.17) is 0 Å². The van der Waals surface area contributed by atoms with Gasteiger partial charge < -0.3 is 5.32 Å². The van der Waals surface area contributed by atoms with Gasteiger partial charge in [0, 0.05) is 17.8 Å². The Bertz CT molecular complexity index is 1380. The maximum absolute atomic E-state index is 12.7. The van der Waals surface area contributed by atoms with Gasteiger partial charge in [-0.25, -0.2) is 21.6 Å². The number of amides is 1. The molecule has 0 atom stereocenters. The van der Waals surface area contributed by atoms with Gasteiger partial charge in [-0.05, 0) is 60.5 Å². The molecular formula is C24H25N3O5S2. The van der Waals surface area contributed by atoms with Crippen LogP contribution in [0.2, 0.25) is 0 Å².